The minimum absolute atomic E-state index is 0.0314. The highest BCUT2D eigenvalue weighted by atomic mass is 35.5. The number of hydrogen-bond acceptors (Lipinski definition) is 5. The molecule has 0 bridgehead atoms. The maximum Gasteiger partial charge on any atom is 0.275 e. The minimum atomic E-state index is -0.698. The van der Waals surface area contributed by atoms with E-state index in [0.717, 1.165) is 5.69 Å². The van der Waals surface area contributed by atoms with E-state index in [-0.39, 0.29) is 27.1 Å². The number of amides is 1. The fourth-order valence-corrected chi connectivity index (χ4v) is 3.58. The third kappa shape index (κ3) is 4.16. The molecule has 0 saturated heterocycles. The Kier molecular flexibility index (Phi) is 5.61. The van der Waals surface area contributed by atoms with Crippen molar-refractivity contribution < 1.29 is 9.18 Å². The summed E-state index contributed by atoms with van der Waals surface area (Å²) in [6, 6.07) is 5.92. The summed E-state index contributed by atoms with van der Waals surface area (Å²) in [7, 11) is 1.84. The highest BCUT2D eigenvalue weighted by molar-refractivity contribution is 6.44. The average molecular weight is 454 g/mol. The van der Waals surface area contributed by atoms with E-state index >= 15 is 0 Å². The van der Waals surface area contributed by atoms with Gasteiger partial charge in [-0.3, -0.25) is 14.6 Å². The molecule has 1 aliphatic heterocycles. The number of aromatic nitrogens is 4. The molecule has 0 spiro atoms. The van der Waals surface area contributed by atoms with Gasteiger partial charge >= 0.3 is 0 Å². The van der Waals surface area contributed by atoms with E-state index in [2.05, 4.69) is 25.7 Å². The Morgan fingerprint density at radius 3 is 2.97 bits per heavy atom. The molecule has 0 radical (unpaired) electrons. The van der Waals surface area contributed by atoms with Crippen molar-refractivity contribution in [2.45, 2.75) is 19.5 Å². The van der Waals surface area contributed by atoms with E-state index in [1.165, 1.54) is 12.1 Å². The number of carbonyl (C=O) groups is 1. The van der Waals surface area contributed by atoms with Gasteiger partial charge in [0.1, 0.15) is 36.9 Å². The number of halogens is 2. The summed E-state index contributed by atoms with van der Waals surface area (Å²) in [4.78, 5) is 12.6. The van der Waals surface area contributed by atoms with Crippen molar-refractivity contribution in [3.8, 4) is 17.3 Å². The van der Waals surface area contributed by atoms with Gasteiger partial charge in [0.05, 0.1) is 23.5 Å². The lowest BCUT2D eigenvalue weighted by Gasteiger charge is -2.17. The Balaban J connectivity index is 1.41. The van der Waals surface area contributed by atoms with Gasteiger partial charge in [0.15, 0.2) is 5.71 Å². The molecule has 162 valence electrons. The van der Waals surface area contributed by atoms with Crippen LogP contribution in [-0.4, -0.2) is 44.7 Å². The Bertz CT molecular complexity index is 1250. The zero-order chi connectivity index (χ0) is 22.9. The first-order valence-corrected chi connectivity index (χ1v) is 10.1. The van der Waals surface area contributed by atoms with Crippen LogP contribution < -0.4 is 9.91 Å². The minimum Gasteiger partial charge on any atom is -0.346 e. The van der Waals surface area contributed by atoms with Crippen LogP contribution in [0.4, 0.5) is 10.1 Å². The van der Waals surface area contributed by atoms with Crippen LogP contribution in [0.25, 0.3) is 11.3 Å². The predicted molar refractivity (Wildman–Crippen MR) is 118 cm³/mol. The van der Waals surface area contributed by atoms with Crippen LogP contribution in [0, 0.1) is 17.1 Å². The predicted octanol–water partition coefficient (Wildman–Crippen LogP) is 2.96. The summed E-state index contributed by atoms with van der Waals surface area (Å²) in [6.45, 7) is 2.24. The summed E-state index contributed by atoms with van der Waals surface area (Å²) in [6.07, 6.45) is 8.57. The normalized spacial score (nSPS) is 18.3. The molecule has 4 rings (SSSR count). The molecule has 1 amide bonds. The van der Waals surface area contributed by atoms with Gasteiger partial charge in [-0.1, -0.05) is 16.7 Å². The van der Waals surface area contributed by atoms with E-state index in [1.807, 2.05) is 14.0 Å². The third-order valence-corrected chi connectivity index (χ3v) is 5.30. The molecule has 2 N–H and O–H groups in total. The second-order valence-electron chi connectivity index (χ2n) is 7.51. The molecule has 11 heteroatoms. The molecule has 0 saturated carbocycles. The molecule has 1 unspecified atom stereocenters. The Morgan fingerprint density at radius 2 is 2.28 bits per heavy atom. The molecular weight excluding hydrogens is 435 g/mol. The molecule has 3 aromatic rings. The molecule has 3 heterocycles. The lowest BCUT2D eigenvalue weighted by Crippen LogP contribution is -2.40. The smallest absolute Gasteiger partial charge is 0.275 e. The monoisotopic (exact) mass is 453 g/mol. The van der Waals surface area contributed by atoms with Gasteiger partial charge in [-0.05, 0) is 25.1 Å². The van der Waals surface area contributed by atoms with Gasteiger partial charge in [0.25, 0.3) is 5.91 Å². The number of benzene rings is 1. The highest BCUT2D eigenvalue weighted by Gasteiger charge is 2.32. The summed E-state index contributed by atoms with van der Waals surface area (Å²) in [5.41, 5.74) is 1.89. The SMILES string of the molecule is CC(Cn1ccc(-c2cc(F)c(C#N)c(Cl)c2)n1)NC(=O)C1=N[N@+](C)(c2cn[nH]c2)C=C1. The highest BCUT2D eigenvalue weighted by Crippen LogP contribution is 2.27. The number of nitrogens with zero attached hydrogens (tertiary/aromatic N) is 6. The third-order valence-electron chi connectivity index (χ3n) is 5.01. The van der Waals surface area contributed by atoms with Crippen LogP contribution in [-0.2, 0) is 11.3 Å². The Labute approximate surface area is 188 Å². The number of hydrogen-bond donors (Lipinski definition) is 2. The first kappa shape index (κ1) is 21.4. The van der Waals surface area contributed by atoms with Crippen molar-refractivity contribution in [3.63, 3.8) is 0 Å². The Hall–Kier alpha value is -3.81. The van der Waals surface area contributed by atoms with Crippen LogP contribution in [0.3, 0.4) is 0 Å². The molecule has 0 aliphatic carbocycles. The fraction of sp³-hybridized carbons (Fsp3) is 0.190. The fourth-order valence-electron chi connectivity index (χ4n) is 3.33. The molecule has 1 aliphatic rings. The number of quaternary nitrogens is 1. The molecule has 1 aromatic carbocycles. The van der Waals surface area contributed by atoms with E-state index in [0.29, 0.717) is 23.5 Å². The van der Waals surface area contributed by atoms with Crippen molar-refractivity contribution in [1.29, 1.82) is 5.26 Å². The van der Waals surface area contributed by atoms with Gasteiger partial charge in [-0.25, -0.2) is 4.39 Å². The van der Waals surface area contributed by atoms with E-state index in [9.17, 15) is 9.18 Å². The molecule has 2 aromatic heterocycles. The van der Waals surface area contributed by atoms with Crippen LogP contribution in [0.15, 0.2) is 54.2 Å². The largest absolute Gasteiger partial charge is 0.346 e. The van der Waals surface area contributed by atoms with Crippen LogP contribution in [0.5, 0.6) is 0 Å². The molecule has 2 atom stereocenters. The second-order valence-corrected chi connectivity index (χ2v) is 7.92. The second kappa shape index (κ2) is 8.37. The molecule has 9 nitrogen and oxygen atoms in total. The Morgan fingerprint density at radius 1 is 1.47 bits per heavy atom. The zero-order valence-electron chi connectivity index (χ0n) is 17.3. The van der Waals surface area contributed by atoms with Crippen LogP contribution in [0.2, 0.25) is 5.02 Å². The van der Waals surface area contributed by atoms with Crippen molar-refractivity contribution in [1.82, 2.24) is 29.9 Å². The van der Waals surface area contributed by atoms with E-state index < -0.39 is 5.82 Å². The molecule has 32 heavy (non-hydrogen) atoms. The van der Waals surface area contributed by atoms with Crippen molar-refractivity contribution in [2.75, 3.05) is 7.05 Å². The van der Waals surface area contributed by atoms with Gasteiger partial charge in [0.2, 0.25) is 5.69 Å². The van der Waals surface area contributed by atoms with E-state index in [4.69, 9.17) is 16.9 Å². The van der Waals surface area contributed by atoms with Crippen LogP contribution >= 0.6 is 11.6 Å². The standard InChI is InChI=1S/C21H18ClFN8O/c1-13(27-21(32)20-4-6-31(2,29-20)15-10-25-26-11-15)12-30-5-3-19(28-30)14-7-17(22)16(9-24)18(23)8-14/h3-8,10-11,13H,12H2,1-2H3,(H-,25,26,27,32)/p+1/t13?,31-/m0/s1. The number of carbonyl (C=O) groups excluding carboxylic acids is 1. The lowest BCUT2D eigenvalue weighted by atomic mass is 10.1. The summed E-state index contributed by atoms with van der Waals surface area (Å²) >= 11 is 5.98. The summed E-state index contributed by atoms with van der Waals surface area (Å²) in [5.74, 6) is -0.996. The van der Waals surface area contributed by atoms with Crippen LogP contribution in [0.1, 0.15) is 12.5 Å². The van der Waals surface area contributed by atoms with Crippen molar-refractivity contribution >= 4 is 28.9 Å². The van der Waals surface area contributed by atoms with Gasteiger partial charge in [0, 0.05) is 23.9 Å². The first-order chi connectivity index (χ1) is 15.3. The number of nitrogens with one attached hydrogen (secondary N) is 2. The number of aromatic amines is 1. The summed E-state index contributed by atoms with van der Waals surface area (Å²) in [5, 5.41) is 27.4. The topological polar surface area (TPSA) is 112 Å². The first-order valence-electron chi connectivity index (χ1n) is 9.68. The maximum absolute atomic E-state index is 14.0. The zero-order valence-corrected chi connectivity index (χ0v) is 18.0. The van der Waals surface area contributed by atoms with Crippen molar-refractivity contribution in [2.24, 2.45) is 5.10 Å². The maximum atomic E-state index is 14.0. The lowest BCUT2D eigenvalue weighted by molar-refractivity contribution is -0.115. The van der Waals surface area contributed by atoms with E-state index in [1.54, 1.807) is 47.7 Å². The van der Waals surface area contributed by atoms with Gasteiger partial charge in [-0.15, -0.1) is 4.59 Å². The average Bonchev–Trinajstić information content (AvgIpc) is 3.49. The van der Waals surface area contributed by atoms with Gasteiger partial charge in [-0.2, -0.15) is 15.5 Å². The molecule has 0 fully saturated rings. The number of nitriles is 1. The van der Waals surface area contributed by atoms with Crippen molar-refractivity contribution in [3.05, 3.63) is 65.5 Å². The molecular formula is C21H19ClFN8O+. The number of rotatable bonds is 6. The quantitative estimate of drug-likeness (QED) is 0.559. The van der Waals surface area contributed by atoms with Gasteiger partial charge < -0.3 is 5.32 Å². The number of H-pyrrole nitrogens is 1. The summed E-state index contributed by atoms with van der Waals surface area (Å²) < 4.78 is 15.8.